The van der Waals surface area contributed by atoms with Crippen molar-refractivity contribution in [3.8, 4) is 0 Å². The van der Waals surface area contributed by atoms with Crippen LogP contribution >= 0.6 is 11.6 Å². The van der Waals surface area contributed by atoms with Gasteiger partial charge in [0.25, 0.3) is 5.69 Å². The molecule has 1 aromatic rings. The summed E-state index contributed by atoms with van der Waals surface area (Å²) in [6.45, 7) is 1.16. The predicted molar refractivity (Wildman–Crippen MR) is 60.3 cm³/mol. The van der Waals surface area contributed by atoms with Crippen molar-refractivity contribution < 1.29 is 17.3 Å². The molecule has 0 aromatic heterocycles. The highest BCUT2D eigenvalue weighted by molar-refractivity contribution is 6.30. The zero-order chi connectivity index (χ0) is 11.3. The number of rotatable bonds is 5. The Morgan fingerprint density at radius 2 is 2.19 bits per heavy atom. The molecule has 0 spiro atoms. The van der Waals surface area contributed by atoms with E-state index in [-0.39, 0.29) is 18.1 Å². The van der Waals surface area contributed by atoms with Crippen molar-refractivity contribution in [2.75, 3.05) is 18.4 Å². The van der Waals surface area contributed by atoms with E-state index in [1.165, 1.54) is 6.07 Å². The van der Waals surface area contributed by atoms with Crippen LogP contribution in [0.5, 0.6) is 0 Å². The largest absolute Gasteiger partial charge is 1.00 e. The van der Waals surface area contributed by atoms with Crippen molar-refractivity contribution >= 4 is 23.0 Å². The first-order chi connectivity index (χ1) is 7.15. The molecule has 1 aromatic carbocycles. The fraction of sp³-hybridized carbons (Fsp3) is 0.333. The van der Waals surface area contributed by atoms with E-state index < -0.39 is 4.92 Å². The van der Waals surface area contributed by atoms with Crippen LogP contribution in [0, 0.1) is 10.1 Å². The molecule has 0 radical (unpaired) electrons. The third-order valence-corrected chi connectivity index (χ3v) is 2.09. The Bertz CT molecular complexity index is 361. The van der Waals surface area contributed by atoms with Gasteiger partial charge < -0.3 is 23.5 Å². The van der Waals surface area contributed by atoms with E-state index in [0.717, 1.165) is 6.42 Å². The highest BCUT2D eigenvalue weighted by Gasteiger charge is 2.13. The molecule has 7 heteroatoms. The lowest BCUT2D eigenvalue weighted by Crippen LogP contribution is -3.00. The molecule has 90 valence electrons. The van der Waals surface area contributed by atoms with E-state index >= 15 is 0 Å². The fourth-order valence-electron chi connectivity index (χ4n) is 1.13. The number of nitrogens with zero attached hydrogens (tertiary/aromatic N) is 1. The van der Waals surface area contributed by atoms with Gasteiger partial charge in [-0.05, 0) is 25.1 Å². The summed E-state index contributed by atoms with van der Waals surface area (Å²) in [5.74, 6) is 0. The Hall–Kier alpha value is -1.04. The molecule has 5 nitrogen and oxygen atoms in total. The molecule has 0 aliphatic rings. The van der Waals surface area contributed by atoms with Gasteiger partial charge in [-0.25, -0.2) is 0 Å². The Labute approximate surface area is 105 Å². The van der Waals surface area contributed by atoms with Gasteiger partial charge in [0.2, 0.25) is 0 Å². The van der Waals surface area contributed by atoms with Gasteiger partial charge in [-0.2, -0.15) is 0 Å². The van der Waals surface area contributed by atoms with E-state index in [1.54, 1.807) is 12.1 Å². The molecule has 0 saturated carbocycles. The standard InChI is InChI=1S/C9H12ClN3O2.ClH/c10-7-2-3-8(12-5-1-4-11)9(6-7)13(14)15;/h2-3,6,12H,1,4-5,11H2;1H/p-1. The van der Waals surface area contributed by atoms with E-state index in [2.05, 4.69) is 5.32 Å². The first-order valence-electron chi connectivity index (χ1n) is 4.53. The van der Waals surface area contributed by atoms with Crippen LogP contribution in [0.2, 0.25) is 5.02 Å². The maximum atomic E-state index is 10.7. The second-order valence-corrected chi connectivity index (χ2v) is 3.42. The lowest BCUT2D eigenvalue weighted by Gasteiger charge is -2.06. The van der Waals surface area contributed by atoms with Crippen molar-refractivity contribution in [1.29, 1.82) is 0 Å². The summed E-state index contributed by atoms with van der Waals surface area (Å²) in [5, 5.41) is 14.0. The number of nitro groups is 1. The molecule has 0 bridgehead atoms. The minimum absolute atomic E-state index is 0. The monoisotopic (exact) mass is 264 g/mol. The minimum atomic E-state index is -0.462. The van der Waals surface area contributed by atoms with Crippen molar-refractivity contribution in [2.24, 2.45) is 5.73 Å². The maximum Gasteiger partial charge on any atom is 0.293 e. The third-order valence-electron chi connectivity index (χ3n) is 1.85. The summed E-state index contributed by atoms with van der Waals surface area (Å²) in [7, 11) is 0. The quantitative estimate of drug-likeness (QED) is 0.407. The average molecular weight is 265 g/mol. The number of hydrogen-bond donors (Lipinski definition) is 2. The van der Waals surface area contributed by atoms with E-state index in [9.17, 15) is 10.1 Å². The highest BCUT2D eigenvalue weighted by Crippen LogP contribution is 2.27. The van der Waals surface area contributed by atoms with E-state index in [1.807, 2.05) is 0 Å². The number of benzene rings is 1. The number of nitrogens with one attached hydrogen (secondary N) is 1. The molecule has 0 saturated heterocycles. The van der Waals surface area contributed by atoms with Gasteiger partial charge >= 0.3 is 0 Å². The van der Waals surface area contributed by atoms with Crippen molar-refractivity contribution in [2.45, 2.75) is 6.42 Å². The first kappa shape index (κ1) is 15.0. The molecular formula is C9H12Cl2N3O2-. The SMILES string of the molecule is NCCCNc1ccc(Cl)cc1[N+](=O)[O-].[Cl-]. The van der Waals surface area contributed by atoms with Crippen LogP contribution in [-0.4, -0.2) is 18.0 Å². The van der Waals surface area contributed by atoms with E-state index in [0.29, 0.717) is 23.8 Å². The molecule has 0 aliphatic carbocycles. The predicted octanol–water partition coefficient (Wildman–Crippen LogP) is -0.987. The number of hydrogen-bond acceptors (Lipinski definition) is 4. The van der Waals surface area contributed by atoms with Gasteiger partial charge in [-0.1, -0.05) is 11.6 Å². The number of nitro benzene ring substituents is 1. The molecule has 1 rings (SSSR count). The molecular weight excluding hydrogens is 253 g/mol. The van der Waals surface area contributed by atoms with Crippen LogP contribution < -0.4 is 23.5 Å². The summed E-state index contributed by atoms with van der Waals surface area (Å²) in [5.41, 5.74) is 5.78. The van der Waals surface area contributed by atoms with Crippen LogP contribution in [0.1, 0.15) is 6.42 Å². The van der Waals surface area contributed by atoms with Crippen LogP contribution in [-0.2, 0) is 0 Å². The topological polar surface area (TPSA) is 81.2 Å². The lowest BCUT2D eigenvalue weighted by molar-refractivity contribution is -0.383. The van der Waals surface area contributed by atoms with Crippen molar-refractivity contribution in [3.63, 3.8) is 0 Å². The van der Waals surface area contributed by atoms with Gasteiger partial charge in [0.15, 0.2) is 0 Å². The normalized spacial score (nSPS) is 9.38. The van der Waals surface area contributed by atoms with Gasteiger partial charge in [0, 0.05) is 17.6 Å². The molecule has 0 heterocycles. The van der Waals surface area contributed by atoms with Gasteiger partial charge in [-0.3, -0.25) is 10.1 Å². The maximum absolute atomic E-state index is 10.7. The third kappa shape index (κ3) is 4.22. The molecule has 0 aliphatic heterocycles. The summed E-state index contributed by atoms with van der Waals surface area (Å²) in [6, 6.07) is 4.53. The Kier molecular flexibility index (Phi) is 6.80. The van der Waals surface area contributed by atoms with Crippen molar-refractivity contribution in [3.05, 3.63) is 33.3 Å². The summed E-state index contributed by atoms with van der Waals surface area (Å²) in [6.07, 6.45) is 0.764. The van der Waals surface area contributed by atoms with Crippen LogP contribution in [0.4, 0.5) is 11.4 Å². The molecule has 3 N–H and O–H groups in total. The van der Waals surface area contributed by atoms with Crippen LogP contribution in [0.15, 0.2) is 18.2 Å². The zero-order valence-electron chi connectivity index (χ0n) is 8.45. The Morgan fingerprint density at radius 1 is 1.50 bits per heavy atom. The van der Waals surface area contributed by atoms with E-state index in [4.69, 9.17) is 17.3 Å². The second-order valence-electron chi connectivity index (χ2n) is 2.99. The number of halogens is 2. The number of nitrogens with two attached hydrogens (primary N) is 1. The molecule has 0 amide bonds. The Balaban J connectivity index is 0.00000225. The minimum Gasteiger partial charge on any atom is -1.00 e. The Morgan fingerprint density at radius 3 is 2.75 bits per heavy atom. The smallest absolute Gasteiger partial charge is 0.293 e. The van der Waals surface area contributed by atoms with Crippen LogP contribution in [0.25, 0.3) is 0 Å². The summed E-state index contributed by atoms with van der Waals surface area (Å²) in [4.78, 5) is 10.2. The zero-order valence-corrected chi connectivity index (χ0v) is 9.96. The lowest BCUT2D eigenvalue weighted by atomic mass is 10.2. The highest BCUT2D eigenvalue weighted by atomic mass is 35.5. The average Bonchev–Trinajstić information content (AvgIpc) is 2.20. The first-order valence-corrected chi connectivity index (χ1v) is 4.91. The number of anilines is 1. The fourth-order valence-corrected chi connectivity index (χ4v) is 1.30. The van der Waals surface area contributed by atoms with Gasteiger partial charge in [0.1, 0.15) is 5.69 Å². The van der Waals surface area contributed by atoms with Crippen LogP contribution in [0.3, 0.4) is 0 Å². The molecule has 0 fully saturated rings. The molecule has 0 atom stereocenters. The molecule has 0 unspecified atom stereocenters. The van der Waals surface area contributed by atoms with Gasteiger partial charge in [-0.15, -0.1) is 0 Å². The summed E-state index contributed by atoms with van der Waals surface area (Å²) < 4.78 is 0. The molecule has 16 heavy (non-hydrogen) atoms. The summed E-state index contributed by atoms with van der Waals surface area (Å²) >= 11 is 5.67. The second kappa shape index (κ2) is 7.27. The van der Waals surface area contributed by atoms with Crippen molar-refractivity contribution in [1.82, 2.24) is 0 Å². The van der Waals surface area contributed by atoms with Gasteiger partial charge in [0.05, 0.1) is 4.92 Å².